The molecule has 0 radical (unpaired) electrons. The number of benzene rings is 3. The van der Waals surface area contributed by atoms with Crippen LogP contribution in [0, 0.1) is 6.92 Å². The number of thiazole rings is 1. The van der Waals surface area contributed by atoms with Crippen molar-refractivity contribution in [2.75, 3.05) is 10.6 Å². The molecule has 0 aliphatic carbocycles. The van der Waals surface area contributed by atoms with Crippen molar-refractivity contribution < 1.29 is 14.7 Å². The van der Waals surface area contributed by atoms with Gasteiger partial charge in [-0.15, -0.1) is 0 Å². The molecule has 6 nitrogen and oxygen atoms in total. The highest BCUT2D eigenvalue weighted by atomic mass is 79.9. The molecule has 1 heterocycles. The number of carbonyl (C=O) groups is 2. The fraction of sp³-hybridized carbons (Fsp3) is 0.0417. The molecule has 0 saturated carbocycles. The van der Waals surface area contributed by atoms with Crippen LogP contribution in [0.5, 0.6) is 0 Å². The second-order valence-corrected chi connectivity index (χ2v) is 9.48. The lowest BCUT2D eigenvalue weighted by Crippen LogP contribution is -2.12. The van der Waals surface area contributed by atoms with E-state index < -0.39 is 5.97 Å². The number of nitrogens with zero attached hydrogens (tertiary/aromatic N) is 1. The number of carboxylic acids is 1. The summed E-state index contributed by atoms with van der Waals surface area (Å²) < 4.78 is 0.816. The lowest BCUT2D eigenvalue weighted by Gasteiger charge is -2.11. The summed E-state index contributed by atoms with van der Waals surface area (Å²) in [4.78, 5) is 29.2. The first-order valence-electron chi connectivity index (χ1n) is 9.75. The maximum atomic E-state index is 12.6. The van der Waals surface area contributed by atoms with Crippen molar-refractivity contribution in [3.8, 4) is 10.4 Å². The Hall–Kier alpha value is -3.20. The fourth-order valence-corrected chi connectivity index (χ4v) is 4.60. The SMILES string of the molecule is Cc1ccc(NC(=O)c2cccc(Br)c2)cc1Nc1nc(C(=O)O)c(-c2ccc(Cl)cc2)s1. The van der Waals surface area contributed by atoms with Gasteiger partial charge in [-0.1, -0.05) is 63.1 Å². The van der Waals surface area contributed by atoms with E-state index in [4.69, 9.17) is 11.6 Å². The number of aromatic nitrogens is 1. The van der Waals surface area contributed by atoms with Crippen molar-refractivity contribution in [1.29, 1.82) is 0 Å². The van der Waals surface area contributed by atoms with E-state index in [0.29, 0.717) is 37.5 Å². The summed E-state index contributed by atoms with van der Waals surface area (Å²) in [6.07, 6.45) is 0. The summed E-state index contributed by atoms with van der Waals surface area (Å²) in [5, 5.41) is 16.7. The van der Waals surface area contributed by atoms with Crippen LogP contribution < -0.4 is 10.6 Å². The fourth-order valence-electron chi connectivity index (χ4n) is 3.10. The number of hydrogen-bond acceptors (Lipinski definition) is 5. The van der Waals surface area contributed by atoms with Gasteiger partial charge in [-0.05, 0) is 60.5 Å². The molecule has 0 atom stereocenters. The maximum Gasteiger partial charge on any atom is 0.356 e. The lowest BCUT2D eigenvalue weighted by molar-refractivity contribution is 0.0692. The minimum Gasteiger partial charge on any atom is -0.476 e. The number of hydrogen-bond donors (Lipinski definition) is 3. The molecule has 0 spiro atoms. The van der Waals surface area contributed by atoms with Crippen molar-refractivity contribution in [2.45, 2.75) is 6.92 Å². The van der Waals surface area contributed by atoms with E-state index in [2.05, 4.69) is 31.5 Å². The zero-order valence-corrected chi connectivity index (χ0v) is 20.4. The van der Waals surface area contributed by atoms with Crippen LogP contribution in [0.25, 0.3) is 10.4 Å². The van der Waals surface area contributed by atoms with Crippen LogP contribution in [0.15, 0.2) is 71.2 Å². The Labute approximate surface area is 207 Å². The number of aromatic carboxylic acids is 1. The molecule has 0 bridgehead atoms. The van der Waals surface area contributed by atoms with Gasteiger partial charge in [0.2, 0.25) is 0 Å². The third kappa shape index (κ3) is 5.42. The number of halogens is 2. The van der Waals surface area contributed by atoms with E-state index in [9.17, 15) is 14.7 Å². The van der Waals surface area contributed by atoms with Gasteiger partial charge < -0.3 is 15.7 Å². The Morgan fingerprint density at radius 3 is 2.52 bits per heavy atom. The zero-order valence-electron chi connectivity index (χ0n) is 17.2. The average molecular weight is 543 g/mol. The van der Waals surface area contributed by atoms with E-state index >= 15 is 0 Å². The molecule has 166 valence electrons. The van der Waals surface area contributed by atoms with Gasteiger partial charge in [-0.25, -0.2) is 9.78 Å². The zero-order chi connectivity index (χ0) is 23.5. The molecule has 1 aromatic heterocycles. The van der Waals surface area contributed by atoms with Crippen LogP contribution in [0.4, 0.5) is 16.5 Å². The predicted octanol–water partition coefficient (Wildman–Crippen LogP) is 7.23. The van der Waals surface area contributed by atoms with Gasteiger partial charge in [0.05, 0.1) is 4.88 Å². The first-order valence-corrected chi connectivity index (χ1v) is 11.7. The summed E-state index contributed by atoms with van der Waals surface area (Å²) in [6, 6.07) is 19.5. The van der Waals surface area contributed by atoms with Crippen molar-refractivity contribution in [1.82, 2.24) is 4.98 Å². The van der Waals surface area contributed by atoms with E-state index in [1.807, 2.05) is 19.1 Å². The van der Waals surface area contributed by atoms with Crippen LogP contribution in [0.1, 0.15) is 26.4 Å². The van der Waals surface area contributed by atoms with Crippen LogP contribution in [0.3, 0.4) is 0 Å². The molecule has 9 heteroatoms. The maximum absolute atomic E-state index is 12.6. The van der Waals surface area contributed by atoms with E-state index in [0.717, 1.165) is 10.0 Å². The molecule has 33 heavy (non-hydrogen) atoms. The molecule has 0 aliphatic heterocycles. The van der Waals surface area contributed by atoms with Crippen molar-refractivity contribution in [2.24, 2.45) is 0 Å². The third-order valence-electron chi connectivity index (χ3n) is 4.76. The van der Waals surface area contributed by atoms with Gasteiger partial charge in [-0.2, -0.15) is 0 Å². The van der Waals surface area contributed by atoms with Gasteiger partial charge in [-0.3, -0.25) is 4.79 Å². The molecule has 0 saturated heterocycles. The van der Waals surface area contributed by atoms with Crippen LogP contribution in [0.2, 0.25) is 5.02 Å². The number of amides is 1. The second kappa shape index (κ2) is 9.74. The molecular formula is C24H17BrClN3O3S. The minimum absolute atomic E-state index is 0.0402. The number of carbonyl (C=O) groups excluding carboxylic acids is 1. The van der Waals surface area contributed by atoms with Crippen LogP contribution in [-0.4, -0.2) is 22.0 Å². The van der Waals surface area contributed by atoms with E-state index in [1.165, 1.54) is 11.3 Å². The van der Waals surface area contributed by atoms with Crippen molar-refractivity contribution in [3.05, 3.63) is 93.0 Å². The van der Waals surface area contributed by atoms with Crippen LogP contribution >= 0.6 is 38.9 Å². The van der Waals surface area contributed by atoms with Gasteiger partial charge in [0.1, 0.15) is 0 Å². The lowest BCUT2D eigenvalue weighted by atomic mass is 10.1. The molecular weight excluding hydrogens is 526 g/mol. The summed E-state index contributed by atoms with van der Waals surface area (Å²) in [5.41, 5.74) is 3.42. The topological polar surface area (TPSA) is 91.3 Å². The van der Waals surface area contributed by atoms with E-state index in [1.54, 1.807) is 54.6 Å². The molecule has 4 aromatic rings. The summed E-state index contributed by atoms with van der Waals surface area (Å²) >= 11 is 10.6. The third-order valence-corrected chi connectivity index (χ3v) is 6.53. The Balaban J connectivity index is 1.60. The summed E-state index contributed by atoms with van der Waals surface area (Å²) in [5.74, 6) is -1.35. The molecule has 3 N–H and O–H groups in total. The van der Waals surface area contributed by atoms with E-state index in [-0.39, 0.29) is 11.6 Å². The number of carboxylic acid groups (broad SMARTS) is 1. The Kier molecular flexibility index (Phi) is 6.78. The van der Waals surface area contributed by atoms with Gasteiger partial charge in [0, 0.05) is 26.4 Å². The minimum atomic E-state index is -1.11. The smallest absolute Gasteiger partial charge is 0.356 e. The highest BCUT2D eigenvalue weighted by molar-refractivity contribution is 9.10. The molecule has 3 aromatic carbocycles. The molecule has 0 unspecified atom stereocenters. The van der Waals surface area contributed by atoms with Crippen molar-refractivity contribution >= 4 is 67.3 Å². The predicted molar refractivity (Wildman–Crippen MR) is 136 cm³/mol. The van der Waals surface area contributed by atoms with Gasteiger partial charge >= 0.3 is 5.97 Å². The number of anilines is 3. The number of nitrogens with one attached hydrogen (secondary N) is 2. The molecule has 4 rings (SSSR count). The quantitative estimate of drug-likeness (QED) is 0.239. The second-order valence-electron chi connectivity index (χ2n) is 7.13. The highest BCUT2D eigenvalue weighted by Crippen LogP contribution is 2.36. The Morgan fingerprint density at radius 1 is 1.06 bits per heavy atom. The standard InChI is InChI=1S/C24H17BrClN3O3S/c1-13-5-10-18(27-22(30)15-3-2-4-16(25)11-15)12-19(13)28-24-29-20(23(31)32)21(33-24)14-6-8-17(26)9-7-14/h2-12H,1H3,(H,27,30)(H,28,29)(H,31,32). The monoisotopic (exact) mass is 541 g/mol. The van der Waals surface area contributed by atoms with Crippen molar-refractivity contribution in [3.63, 3.8) is 0 Å². The molecule has 0 aliphatic rings. The number of aryl methyl sites for hydroxylation is 1. The first-order chi connectivity index (χ1) is 15.8. The largest absolute Gasteiger partial charge is 0.476 e. The van der Waals surface area contributed by atoms with Gasteiger partial charge in [0.25, 0.3) is 5.91 Å². The summed E-state index contributed by atoms with van der Waals surface area (Å²) in [6.45, 7) is 1.91. The normalized spacial score (nSPS) is 10.6. The summed E-state index contributed by atoms with van der Waals surface area (Å²) in [7, 11) is 0. The first kappa shape index (κ1) is 23.0. The Morgan fingerprint density at radius 2 is 1.82 bits per heavy atom. The van der Waals surface area contributed by atoms with Gasteiger partial charge in [0.15, 0.2) is 10.8 Å². The Bertz CT molecular complexity index is 1360. The average Bonchev–Trinajstić information content (AvgIpc) is 3.21. The highest BCUT2D eigenvalue weighted by Gasteiger charge is 2.19. The molecule has 0 fully saturated rings. The number of rotatable bonds is 6. The van der Waals surface area contributed by atoms with Crippen LogP contribution in [-0.2, 0) is 0 Å². The molecule has 1 amide bonds.